The molecule has 29 heavy (non-hydrogen) atoms. The van der Waals surface area contributed by atoms with Crippen LogP contribution in [0, 0.1) is 5.92 Å². The number of likely N-dealkylation sites (tertiary alicyclic amines) is 1. The minimum Gasteiger partial charge on any atom is -0.355 e. The van der Waals surface area contributed by atoms with Crippen LogP contribution in [0.5, 0.6) is 0 Å². The highest BCUT2D eigenvalue weighted by molar-refractivity contribution is 5.94. The Bertz CT molecular complexity index is 964. The fourth-order valence-electron chi connectivity index (χ4n) is 3.47. The SMILES string of the molecule is O=C(NCC1CCN(C(=O)c2ccncc2)CC1)c1cc(-c2ccccc2)on1. The molecule has 1 N–H and O–H groups in total. The molecule has 1 saturated heterocycles. The summed E-state index contributed by atoms with van der Waals surface area (Å²) in [5.41, 5.74) is 1.81. The summed E-state index contributed by atoms with van der Waals surface area (Å²) in [5, 5.41) is 6.82. The molecule has 0 radical (unpaired) electrons. The molecule has 0 aliphatic carbocycles. The first-order valence-corrected chi connectivity index (χ1v) is 9.70. The molecule has 0 saturated carbocycles. The number of amides is 2. The molecule has 7 nitrogen and oxygen atoms in total. The van der Waals surface area contributed by atoms with Gasteiger partial charge in [-0.05, 0) is 30.9 Å². The maximum atomic E-state index is 12.5. The Morgan fingerprint density at radius 1 is 1.07 bits per heavy atom. The molecule has 0 unspecified atom stereocenters. The molecule has 0 atom stereocenters. The third-order valence-corrected chi connectivity index (χ3v) is 5.18. The van der Waals surface area contributed by atoms with Gasteiger partial charge in [0, 0.05) is 49.2 Å². The topological polar surface area (TPSA) is 88.3 Å². The van der Waals surface area contributed by atoms with E-state index in [-0.39, 0.29) is 17.5 Å². The van der Waals surface area contributed by atoms with Crippen molar-refractivity contribution in [1.82, 2.24) is 20.4 Å². The Morgan fingerprint density at radius 2 is 1.79 bits per heavy atom. The number of hydrogen-bond donors (Lipinski definition) is 1. The summed E-state index contributed by atoms with van der Waals surface area (Å²) >= 11 is 0. The van der Waals surface area contributed by atoms with Gasteiger partial charge in [0.1, 0.15) is 0 Å². The molecular weight excluding hydrogens is 368 g/mol. The van der Waals surface area contributed by atoms with Crippen LogP contribution in [0.1, 0.15) is 33.7 Å². The standard InChI is InChI=1S/C22H22N4O3/c27-21(19-14-20(29-25-19)17-4-2-1-3-5-17)24-15-16-8-12-26(13-9-16)22(28)18-6-10-23-11-7-18/h1-7,10-11,14,16H,8-9,12-13,15H2,(H,24,27). The average molecular weight is 390 g/mol. The highest BCUT2D eigenvalue weighted by Gasteiger charge is 2.24. The van der Waals surface area contributed by atoms with Crippen molar-refractivity contribution in [3.63, 3.8) is 0 Å². The van der Waals surface area contributed by atoms with Crippen molar-refractivity contribution in [3.8, 4) is 11.3 Å². The predicted octanol–water partition coefficient (Wildman–Crippen LogP) is 3.02. The summed E-state index contributed by atoms with van der Waals surface area (Å²) in [6, 6.07) is 14.7. The van der Waals surface area contributed by atoms with E-state index >= 15 is 0 Å². The van der Waals surface area contributed by atoms with E-state index in [1.54, 1.807) is 30.6 Å². The lowest BCUT2D eigenvalue weighted by Crippen LogP contribution is -2.41. The summed E-state index contributed by atoms with van der Waals surface area (Å²) in [4.78, 5) is 30.7. The first kappa shape index (κ1) is 18.9. The molecule has 1 aliphatic rings. The molecule has 0 spiro atoms. The number of hydrogen-bond acceptors (Lipinski definition) is 5. The summed E-state index contributed by atoms with van der Waals surface area (Å²) in [5.74, 6) is 0.691. The molecule has 7 heteroatoms. The molecule has 148 valence electrons. The van der Waals surface area contributed by atoms with Crippen molar-refractivity contribution in [2.45, 2.75) is 12.8 Å². The van der Waals surface area contributed by atoms with Crippen molar-refractivity contribution in [2.75, 3.05) is 19.6 Å². The monoisotopic (exact) mass is 390 g/mol. The zero-order chi connectivity index (χ0) is 20.1. The van der Waals surface area contributed by atoms with Crippen LogP contribution in [-0.4, -0.2) is 46.5 Å². The van der Waals surface area contributed by atoms with Crippen LogP contribution >= 0.6 is 0 Å². The van der Waals surface area contributed by atoms with Crippen molar-refractivity contribution >= 4 is 11.8 Å². The van der Waals surface area contributed by atoms with E-state index in [0.29, 0.717) is 36.9 Å². The van der Waals surface area contributed by atoms with Gasteiger partial charge in [-0.15, -0.1) is 0 Å². The normalized spacial score (nSPS) is 14.6. The summed E-state index contributed by atoms with van der Waals surface area (Å²) in [6.07, 6.45) is 4.96. The zero-order valence-electron chi connectivity index (χ0n) is 16.0. The number of carbonyl (C=O) groups is 2. The summed E-state index contributed by atoms with van der Waals surface area (Å²) in [7, 11) is 0. The minimum atomic E-state index is -0.244. The van der Waals surface area contributed by atoms with Crippen LogP contribution in [0.15, 0.2) is 65.4 Å². The zero-order valence-corrected chi connectivity index (χ0v) is 16.0. The average Bonchev–Trinajstić information content (AvgIpc) is 3.29. The molecule has 1 fully saturated rings. The molecule has 2 aromatic heterocycles. The van der Waals surface area contributed by atoms with Gasteiger partial charge in [-0.25, -0.2) is 0 Å². The maximum Gasteiger partial charge on any atom is 0.273 e. The summed E-state index contributed by atoms with van der Waals surface area (Å²) in [6.45, 7) is 1.93. The third-order valence-electron chi connectivity index (χ3n) is 5.18. The van der Waals surface area contributed by atoms with Gasteiger partial charge >= 0.3 is 0 Å². The molecule has 4 rings (SSSR count). The van der Waals surface area contributed by atoms with E-state index in [9.17, 15) is 9.59 Å². The second-order valence-electron chi connectivity index (χ2n) is 7.12. The van der Waals surface area contributed by atoms with Gasteiger partial charge < -0.3 is 14.7 Å². The molecule has 0 bridgehead atoms. The first-order chi connectivity index (χ1) is 14.2. The Labute approximate surface area is 168 Å². The fraction of sp³-hybridized carbons (Fsp3) is 0.273. The molecular formula is C22H22N4O3. The second-order valence-corrected chi connectivity index (χ2v) is 7.12. The number of aromatic nitrogens is 2. The Morgan fingerprint density at radius 3 is 2.52 bits per heavy atom. The van der Waals surface area contributed by atoms with Crippen molar-refractivity contribution in [3.05, 3.63) is 72.2 Å². The van der Waals surface area contributed by atoms with Crippen molar-refractivity contribution < 1.29 is 14.1 Å². The van der Waals surface area contributed by atoms with Gasteiger partial charge in [-0.1, -0.05) is 35.5 Å². The number of pyridine rings is 1. The van der Waals surface area contributed by atoms with Gasteiger partial charge in [0.25, 0.3) is 11.8 Å². The van der Waals surface area contributed by atoms with E-state index in [2.05, 4.69) is 15.5 Å². The number of carbonyl (C=O) groups excluding carboxylic acids is 2. The van der Waals surface area contributed by atoms with Gasteiger partial charge in [-0.3, -0.25) is 14.6 Å². The number of nitrogens with one attached hydrogen (secondary N) is 1. The van der Waals surface area contributed by atoms with E-state index in [1.807, 2.05) is 35.2 Å². The van der Waals surface area contributed by atoms with E-state index < -0.39 is 0 Å². The largest absolute Gasteiger partial charge is 0.355 e. The van der Waals surface area contributed by atoms with Crippen LogP contribution in [0.4, 0.5) is 0 Å². The number of rotatable bonds is 5. The molecule has 3 heterocycles. The Balaban J connectivity index is 1.26. The van der Waals surface area contributed by atoms with E-state index in [4.69, 9.17) is 4.52 Å². The lowest BCUT2D eigenvalue weighted by Gasteiger charge is -2.32. The lowest BCUT2D eigenvalue weighted by molar-refractivity contribution is 0.0684. The van der Waals surface area contributed by atoms with E-state index in [0.717, 1.165) is 18.4 Å². The maximum absolute atomic E-state index is 12.5. The molecule has 1 aliphatic heterocycles. The Hall–Kier alpha value is -3.48. The van der Waals surface area contributed by atoms with Crippen molar-refractivity contribution in [1.29, 1.82) is 0 Å². The Kier molecular flexibility index (Phi) is 5.65. The fourth-order valence-corrected chi connectivity index (χ4v) is 3.47. The van der Waals surface area contributed by atoms with Gasteiger partial charge in [0.2, 0.25) is 0 Å². The molecule has 2 amide bonds. The molecule has 3 aromatic rings. The lowest BCUT2D eigenvalue weighted by atomic mass is 9.96. The van der Waals surface area contributed by atoms with Crippen LogP contribution < -0.4 is 5.32 Å². The third kappa shape index (κ3) is 4.51. The van der Waals surface area contributed by atoms with Crippen LogP contribution in [0.2, 0.25) is 0 Å². The first-order valence-electron chi connectivity index (χ1n) is 9.70. The summed E-state index contributed by atoms with van der Waals surface area (Å²) < 4.78 is 5.29. The van der Waals surface area contributed by atoms with Crippen LogP contribution in [-0.2, 0) is 0 Å². The van der Waals surface area contributed by atoms with Gasteiger partial charge in [0.15, 0.2) is 11.5 Å². The van der Waals surface area contributed by atoms with Crippen LogP contribution in [0.25, 0.3) is 11.3 Å². The number of nitrogens with zero attached hydrogens (tertiary/aromatic N) is 3. The molecule has 1 aromatic carbocycles. The van der Waals surface area contributed by atoms with Gasteiger partial charge in [-0.2, -0.15) is 0 Å². The smallest absolute Gasteiger partial charge is 0.273 e. The highest BCUT2D eigenvalue weighted by Crippen LogP contribution is 2.21. The highest BCUT2D eigenvalue weighted by atomic mass is 16.5. The van der Waals surface area contributed by atoms with Gasteiger partial charge in [0.05, 0.1) is 0 Å². The second kappa shape index (κ2) is 8.68. The predicted molar refractivity (Wildman–Crippen MR) is 107 cm³/mol. The number of piperidine rings is 1. The van der Waals surface area contributed by atoms with Crippen LogP contribution in [0.3, 0.4) is 0 Å². The number of benzene rings is 1. The van der Waals surface area contributed by atoms with E-state index in [1.165, 1.54) is 0 Å². The van der Waals surface area contributed by atoms with Crippen molar-refractivity contribution in [2.24, 2.45) is 5.92 Å². The minimum absolute atomic E-state index is 0.0333. The quantitative estimate of drug-likeness (QED) is 0.723.